The van der Waals surface area contributed by atoms with Gasteiger partial charge in [-0.05, 0) is 0 Å². The van der Waals surface area contributed by atoms with Crippen molar-refractivity contribution in [3.63, 3.8) is 0 Å². The average molecular weight is 367 g/mol. The van der Waals surface area contributed by atoms with Crippen LogP contribution in [0.4, 0.5) is 0 Å². The molecule has 10 nitrogen and oxygen atoms in total. The van der Waals surface area contributed by atoms with E-state index in [1.54, 1.807) is 0 Å². The Labute approximate surface area is 129 Å². The van der Waals surface area contributed by atoms with Crippen molar-refractivity contribution in [3.8, 4) is 0 Å². The number of carbonyl (C=O) groups is 5. The van der Waals surface area contributed by atoms with Crippen LogP contribution in [0.5, 0.6) is 0 Å². The van der Waals surface area contributed by atoms with Gasteiger partial charge in [-0.15, -0.1) is 0 Å². The van der Waals surface area contributed by atoms with Crippen LogP contribution in [0.1, 0.15) is 0 Å². The van der Waals surface area contributed by atoms with Crippen LogP contribution in [-0.2, 0) is 54.9 Å². The second-order valence-corrected chi connectivity index (χ2v) is 3.08. The molecule has 0 amide bonds. The van der Waals surface area contributed by atoms with Crippen molar-refractivity contribution >= 4 is 29.8 Å². The molecule has 4 N–H and O–H groups in total. The summed E-state index contributed by atoms with van der Waals surface area (Å²) < 4.78 is 4.01. The van der Waals surface area contributed by atoms with E-state index in [4.69, 9.17) is 20.4 Å². The van der Waals surface area contributed by atoms with Gasteiger partial charge in [0.25, 0.3) is 0 Å². The van der Waals surface area contributed by atoms with E-state index in [2.05, 4.69) is 11.3 Å². The first-order valence-corrected chi connectivity index (χ1v) is 4.38. The van der Waals surface area contributed by atoms with E-state index >= 15 is 0 Å². The summed E-state index contributed by atoms with van der Waals surface area (Å²) in [5, 5.41) is 34.9. The van der Waals surface area contributed by atoms with Gasteiger partial charge in [0.15, 0.2) is 0 Å². The molecule has 0 rings (SSSR count). The van der Waals surface area contributed by atoms with Crippen molar-refractivity contribution in [1.29, 1.82) is 0 Å². The monoisotopic (exact) mass is 366 g/mol. The number of esters is 1. The summed E-state index contributed by atoms with van der Waals surface area (Å²) in [6.45, 7) is 2.88. The molecule has 0 aliphatic rings. The molecule has 0 saturated heterocycles. The van der Waals surface area contributed by atoms with Crippen LogP contribution >= 0.6 is 0 Å². The quantitative estimate of drug-likeness (QED) is 0.233. The summed E-state index contributed by atoms with van der Waals surface area (Å²) in [5.41, 5.74) is -3.87. The predicted molar refractivity (Wildman–Crippen MR) is 53.1 cm³/mol. The first kappa shape index (κ1) is 20.3. The molecule has 0 heterocycles. The van der Waals surface area contributed by atoms with E-state index in [-0.39, 0.29) is 26.2 Å². The smallest absolute Gasteiger partial charge is 0.347 e. The SMILES string of the molecule is C=CC(=O)OC(C(=O)O)C(C(=O)O)(C(=O)O)C(=O)O.[Zr]. The van der Waals surface area contributed by atoms with Crippen molar-refractivity contribution in [3.05, 3.63) is 12.7 Å². The molecule has 0 bridgehead atoms. The Balaban J connectivity index is 0. The van der Waals surface area contributed by atoms with E-state index in [1.807, 2.05) is 0 Å². The standard InChI is InChI=1S/C9H8O10.Zr/c1-2-3(10)19-4(5(11)12)9(6(13)14,7(15)16)8(17)18;/h2,4H,1H2,(H,11,12)(H,13,14)(H,15,16)(H,17,18);. The molecule has 1 atom stereocenters. The zero-order chi connectivity index (χ0) is 15.4. The van der Waals surface area contributed by atoms with Gasteiger partial charge in [-0.3, -0.25) is 14.4 Å². The number of ether oxygens (including phenoxy) is 1. The van der Waals surface area contributed by atoms with Gasteiger partial charge in [-0.2, -0.15) is 0 Å². The minimum atomic E-state index is -3.87. The molecular formula is C9H8O10Zr. The molecule has 0 fully saturated rings. The number of hydrogen-bond donors (Lipinski definition) is 4. The molecule has 108 valence electrons. The van der Waals surface area contributed by atoms with Gasteiger partial charge in [-0.1, -0.05) is 6.58 Å². The molecule has 20 heavy (non-hydrogen) atoms. The molecule has 0 aromatic carbocycles. The predicted octanol–water partition coefficient (Wildman–Crippen LogP) is -1.59. The van der Waals surface area contributed by atoms with Gasteiger partial charge in [0.1, 0.15) is 0 Å². The van der Waals surface area contributed by atoms with Crippen LogP contribution in [0, 0.1) is 5.41 Å². The van der Waals surface area contributed by atoms with Crippen molar-refractivity contribution in [1.82, 2.24) is 0 Å². The molecule has 0 aromatic heterocycles. The molecule has 0 aliphatic carbocycles. The zero-order valence-corrected chi connectivity index (χ0v) is 12.1. The average Bonchev–Trinajstić information content (AvgIpc) is 2.26. The minimum Gasteiger partial charge on any atom is -0.480 e. The van der Waals surface area contributed by atoms with Crippen LogP contribution in [-0.4, -0.2) is 56.4 Å². The van der Waals surface area contributed by atoms with Gasteiger partial charge in [0, 0.05) is 32.3 Å². The fraction of sp³-hybridized carbons (Fsp3) is 0.222. The molecule has 0 aromatic rings. The van der Waals surface area contributed by atoms with Gasteiger partial charge < -0.3 is 25.2 Å². The van der Waals surface area contributed by atoms with Crippen LogP contribution in [0.3, 0.4) is 0 Å². The third-order valence-electron chi connectivity index (χ3n) is 2.03. The Bertz CT molecular complexity index is 431. The second-order valence-electron chi connectivity index (χ2n) is 3.08. The Kier molecular flexibility index (Phi) is 7.65. The minimum absolute atomic E-state index is 0. The molecule has 0 radical (unpaired) electrons. The van der Waals surface area contributed by atoms with E-state index in [0.717, 1.165) is 0 Å². The summed E-state index contributed by atoms with van der Waals surface area (Å²) in [4.78, 5) is 54.3. The second kappa shape index (κ2) is 7.54. The fourth-order valence-electron chi connectivity index (χ4n) is 1.10. The first-order chi connectivity index (χ1) is 8.62. The van der Waals surface area contributed by atoms with Crippen molar-refractivity contribution in [2.75, 3.05) is 0 Å². The summed E-state index contributed by atoms with van der Waals surface area (Å²) in [6, 6.07) is 0. The topological polar surface area (TPSA) is 176 Å². The summed E-state index contributed by atoms with van der Waals surface area (Å²) in [7, 11) is 0. The first-order valence-electron chi connectivity index (χ1n) is 4.38. The summed E-state index contributed by atoms with van der Waals surface area (Å²) >= 11 is 0. The Morgan fingerprint density at radius 1 is 0.950 bits per heavy atom. The fourth-order valence-corrected chi connectivity index (χ4v) is 1.10. The zero-order valence-electron chi connectivity index (χ0n) is 9.60. The Hall–Kier alpha value is -2.03. The third-order valence-corrected chi connectivity index (χ3v) is 2.03. The number of carboxylic acids is 4. The number of hydrogen-bond acceptors (Lipinski definition) is 6. The third kappa shape index (κ3) is 3.50. The molecule has 0 spiro atoms. The van der Waals surface area contributed by atoms with E-state index in [9.17, 15) is 24.0 Å². The maximum atomic E-state index is 10.9. The van der Waals surface area contributed by atoms with Crippen LogP contribution in [0.2, 0.25) is 0 Å². The molecular weight excluding hydrogens is 359 g/mol. The van der Waals surface area contributed by atoms with E-state index in [0.29, 0.717) is 6.08 Å². The number of rotatable bonds is 7. The van der Waals surface area contributed by atoms with E-state index in [1.165, 1.54) is 0 Å². The normalized spacial score (nSPS) is 11.4. The Morgan fingerprint density at radius 3 is 1.50 bits per heavy atom. The van der Waals surface area contributed by atoms with Crippen LogP contribution < -0.4 is 0 Å². The van der Waals surface area contributed by atoms with Gasteiger partial charge in [-0.25, -0.2) is 9.59 Å². The van der Waals surface area contributed by atoms with Gasteiger partial charge in [0.05, 0.1) is 0 Å². The van der Waals surface area contributed by atoms with Crippen molar-refractivity contribution < 1.29 is 75.3 Å². The maximum absolute atomic E-state index is 10.9. The van der Waals surface area contributed by atoms with Crippen molar-refractivity contribution in [2.45, 2.75) is 6.10 Å². The molecule has 11 heteroatoms. The summed E-state index contributed by atoms with van der Waals surface area (Å²) in [6.07, 6.45) is -2.54. The molecule has 0 aliphatic heterocycles. The van der Waals surface area contributed by atoms with Crippen molar-refractivity contribution in [2.24, 2.45) is 5.41 Å². The number of carbonyl (C=O) groups excluding carboxylic acids is 1. The molecule has 1 unspecified atom stereocenters. The number of aliphatic carboxylic acids is 4. The van der Waals surface area contributed by atoms with Crippen LogP contribution in [0.15, 0.2) is 12.7 Å². The number of carboxylic acid groups (broad SMARTS) is 4. The summed E-state index contributed by atoms with van der Waals surface area (Å²) in [5.74, 6) is -11.2. The van der Waals surface area contributed by atoms with Gasteiger partial charge >= 0.3 is 35.3 Å². The maximum Gasteiger partial charge on any atom is 0.347 e. The van der Waals surface area contributed by atoms with E-state index < -0.39 is 41.4 Å². The van der Waals surface area contributed by atoms with Crippen LogP contribution in [0.25, 0.3) is 0 Å². The molecule has 0 saturated carbocycles. The Morgan fingerprint density at radius 2 is 1.30 bits per heavy atom. The van der Waals surface area contributed by atoms with Gasteiger partial charge in [0.2, 0.25) is 6.10 Å². The largest absolute Gasteiger partial charge is 0.480 e.